The van der Waals surface area contributed by atoms with Crippen molar-refractivity contribution in [1.82, 2.24) is 10.6 Å². The Morgan fingerprint density at radius 3 is 2.67 bits per heavy atom. The number of hydrogen-bond donors (Lipinski definition) is 3. The van der Waals surface area contributed by atoms with E-state index in [1.807, 2.05) is 33.7 Å². The maximum atomic E-state index is 11.5. The van der Waals surface area contributed by atoms with Crippen LogP contribution in [0.5, 0.6) is 0 Å². The topological polar surface area (TPSA) is 61.4 Å². The molecule has 0 saturated carbocycles. The number of thiophene rings is 2. The first-order chi connectivity index (χ1) is 8.75. The van der Waals surface area contributed by atoms with Crippen molar-refractivity contribution in [2.24, 2.45) is 0 Å². The second-order valence-corrected chi connectivity index (χ2v) is 5.33. The molecule has 96 valence electrons. The van der Waals surface area contributed by atoms with Crippen LogP contribution in [-0.4, -0.2) is 17.7 Å². The number of carbonyl (C=O) groups is 1. The molecule has 0 aliphatic carbocycles. The van der Waals surface area contributed by atoms with Crippen LogP contribution in [-0.2, 0) is 6.54 Å². The third-order valence-electron chi connectivity index (χ3n) is 2.42. The summed E-state index contributed by atoms with van der Waals surface area (Å²) in [5, 5.41) is 22.9. The molecule has 0 aliphatic heterocycles. The molecule has 1 atom stereocenters. The van der Waals surface area contributed by atoms with E-state index in [0.29, 0.717) is 6.54 Å². The second kappa shape index (κ2) is 6.53. The lowest BCUT2D eigenvalue weighted by Crippen LogP contribution is -2.37. The summed E-state index contributed by atoms with van der Waals surface area (Å²) < 4.78 is 0. The number of carbonyl (C=O) groups excluding carboxylic acids is 1. The molecule has 2 heterocycles. The summed E-state index contributed by atoms with van der Waals surface area (Å²) in [5.74, 6) is 0. The normalized spacial score (nSPS) is 12.1. The first-order valence-corrected chi connectivity index (χ1v) is 7.37. The molecule has 2 rings (SSSR count). The van der Waals surface area contributed by atoms with Crippen molar-refractivity contribution in [2.75, 3.05) is 6.54 Å². The van der Waals surface area contributed by atoms with Crippen LogP contribution < -0.4 is 10.6 Å². The molecule has 2 aromatic heterocycles. The zero-order valence-corrected chi connectivity index (χ0v) is 11.3. The summed E-state index contributed by atoms with van der Waals surface area (Å²) in [6.45, 7) is 0.718. The average Bonchev–Trinajstić information content (AvgIpc) is 3.05. The molecule has 1 unspecified atom stereocenters. The summed E-state index contributed by atoms with van der Waals surface area (Å²) in [6.07, 6.45) is -0.650. The van der Waals surface area contributed by atoms with Crippen molar-refractivity contribution in [1.29, 1.82) is 0 Å². The van der Waals surface area contributed by atoms with Crippen LogP contribution in [0.3, 0.4) is 0 Å². The van der Waals surface area contributed by atoms with Gasteiger partial charge in [0, 0.05) is 13.1 Å². The Kier molecular flexibility index (Phi) is 4.74. The average molecular weight is 282 g/mol. The molecule has 6 heteroatoms. The van der Waals surface area contributed by atoms with Crippen molar-refractivity contribution in [3.8, 4) is 0 Å². The summed E-state index contributed by atoms with van der Waals surface area (Å²) in [5.41, 5.74) is 1.91. The standard InChI is InChI=1S/C12H14N2O2S2/c15-11(10-2-4-18-8-10)6-14-12(16)13-5-9-1-3-17-7-9/h1-4,7-8,11,15H,5-6H2,(H2,13,14,16). The number of amides is 2. The van der Waals surface area contributed by atoms with Crippen LogP contribution in [0.25, 0.3) is 0 Å². The molecule has 2 aromatic rings. The highest BCUT2D eigenvalue weighted by Crippen LogP contribution is 2.14. The van der Waals surface area contributed by atoms with E-state index in [4.69, 9.17) is 0 Å². The van der Waals surface area contributed by atoms with E-state index in [1.165, 1.54) is 11.3 Å². The minimum Gasteiger partial charge on any atom is -0.387 e. The monoisotopic (exact) mass is 282 g/mol. The van der Waals surface area contributed by atoms with Gasteiger partial charge in [-0.05, 0) is 44.8 Å². The Morgan fingerprint density at radius 1 is 1.22 bits per heavy atom. The number of rotatable bonds is 5. The SMILES string of the molecule is O=C(NCc1ccsc1)NCC(O)c1ccsc1. The summed E-state index contributed by atoms with van der Waals surface area (Å²) in [4.78, 5) is 11.5. The maximum Gasteiger partial charge on any atom is 0.315 e. The van der Waals surface area contributed by atoms with Crippen molar-refractivity contribution in [3.05, 3.63) is 44.8 Å². The van der Waals surface area contributed by atoms with E-state index in [1.54, 1.807) is 11.3 Å². The van der Waals surface area contributed by atoms with Gasteiger partial charge >= 0.3 is 6.03 Å². The molecule has 0 aliphatic rings. The van der Waals surface area contributed by atoms with Gasteiger partial charge in [0.2, 0.25) is 0 Å². The molecule has 0 saturated heterocycles. The molecule has 3 N–H and O–H groups in total. The molecule has 0 aromatic carbocycles. The third-order valence-corrected chi connectivity index (χ3v) is 3.85. The Balaban J connectivity index is 1.68. The van der Waals surface area contributed by atoms with Crippen molar-refractivity contribution in [2.45, 2.75) is 12.6 Å². The number of nitrogens with one attached hydrogen (secondary N) is 2. The Bertz CT molecular complexity index is 468. The zero-order valence-electron chi connectivity index (χ0n) is 9.63. The molecular weight excluding hydrogens is 268 g/mol. The highest BCUT2D eigenvalue weighted by atomic mass is 32.1. The molecule has 4 nitrogen and oxygen atoms in total. The highest BCUT2D eigenvalue weighted by molar-refractivity contribution is 7.08. The van der Waals surface area contributed by atoms with Gasteiger partial charge in [0.1, 0.15) is 0 Å². The van der Waals surface area contributed by atoms with Crippen molar-refractivity contribution < 1.29 is 9.90 Å². The predicted octanol–water partition coefficient (Wildman–Crippen LogP) is 2.34. The fraction of sp³-hybridized carbons (Fsp3) is 0.250. The first kappa shape index (κ1) is 13.1. The van der Waals surface area contributed by atoms with Crippen LogP contribution in [0.15, 0.2) is 33.7 Å². The summed E-state index contributed by atoms with van der Waals surface area (Å²) in [6, 6.07) is 3.54. The molecule has 18 heavy (non-hydrogen) atoms. The van der Waals surface area contributed by atoms with Crippen molar-refractivity contribution in [3.63, 3.8) is 0 Å². The van der Waals surface area contributed by atoms with Crippen molar-refractivity contribution >= 4 is 28.7 Å². The van der Waals surface area contributed by atoms with Crippen LogP contribution >= 0.6 is 22.7 Å². The fourth-order valence-electron chi connectivity index (χ4n) is 1.41. The van der Waals surface area contributed by atoms with E-state index in [2.05, 4.69) is 10.6 Å². The maximum absolute atomic E-state index is 11.5. The van der Waals surface area contributed by atoms with Gasteiger partial charge in [0.05, 0.1) is 6.10 Å². The number of urea groups is 1. The van der Waals surface area contributed by atoms with E-state index in [0.717, 1.165) is 11.1 Å². The zero-order chi connectivity index (χ0) is 12.8. The van der Waals surface area contributed by atoms with Gasteiger partial charge in [-0.2, -0.15) is 22.7 Å². The van der Waals surface area contributed by atoms with Gasteiger partial charge in [0.15, 0.2) is 0 Å². The van der Waals surface area contributed by atoms with Crippen LogP contribution in [0.4, 0.5) is 4.79 Å². The van der Waals surface area contributed by atoms with Crippen LogP contribution in [0.1, 0.15) is 17.2 Å². The Hall–Kier alpha value is -1.37. The second-order valence-electron chi connectivity index (χ2n) is 3.77. The molecule has 0 radical (unpaired) electrons. The molecule has 2 amide bonds. The summed E-state index contributed by atoms with van der Waals surface area (Å²) in [7, 11) is 0. The van der Waals surface area contributed by atoms with Gasteiger partial charge in [-0.3, -0.25) is 0 Å². The number of aliphatic hydroxyl groups is 1. The molecule has 0 fully saturated rings. The first-order valence-electron chi connectivity index (χ1n) is 5.48. The Labute approximate surface area is 113 Å². The largest absolute Gasteiger partial charge is 0.387 e. The number of aliphatic hydroxyl groups excluding tert-OH is 1. The van der Waals surface area contributed by atoms with Gasteiger partial charge in [-0.1, -0.05) is 0 Å². The van der Waals surface area contributed by atoms with Gasteiger partial charge < -0.3 is 15.7 Å². The minimum atomic E-state index is -0.650. The smallest absolute Gasteiger partial charge is 0.315 e. The molecular formula is C12H14N2O2S2. The minimum absolute atomic E-state index is 0.214. The van der Waals surface area contributed by atoms with E-state index >= 15 is 0 Å². The van der Waals surface area contributed by atoms with Gasteiger partial charge in [-0.15, -0.1) is 0 Å². The van der Waals surface area contributed by atoms with Crippen LogP contribution in [0.2, 0.25) is 0 Å². The van der Waals surface area contributed by atoms with E-state index in [-0.39, 0.29) is 12.6 Å². The van der Waals surface area contributed by atoms with Gasteiger partial charge in [0.25, 0.3) is 0 Å². The summed E-state index contributed by atoms with van der Waals surface area (Å²) >= 11 is 3.12. The van der Waals surface area contributed by atoms with E-state index in [9.17, 15) is 9.90 Å². The Morgan fingerprint density at radius 2 is 2.00 bits per heavy atom. The molecule has 0 spiro atoms. The molecule has 0 bridgehead atoms. The quantitative estimate of drug-likeness (QED) is 0.788. The predicted molar refractivity (Wildman–Crippen MR) is 73.8 cm³/mol. The lowest BCUT2D eigenvalue weighted by molar-refractivity contribution is 0.173. The fourth-order valence-corrected chi connectivity index (χ4v) is 2.79. The lowest BCUT2D eigenvalue weighted by Gasteiger charge is -2.11. The third kappa shape index (κ3) is 3.83. The lowest BCUT2D eigenvalue weighted by atomic mass is 10.2. The highest BCUT2D eigenvalue weighted by Gasteiger charge is 2.09. The van der Waals surface area contributed by atoms with Gasteiger partial charge in [-0.25, -0.2) is 4.79 Å². The van der Waals surface area contributed by atoms with E-state index < -0.39 is 6.10 Å². The number of hydrogen-bond acceptors (Lipinski definition) is 4. The van der Waals surface area contributed by atoms with Crippen LogP contribution in [0, 0.1) is 0 Å².